The highest BCUT2D eigenvalue weighted by atomic mass is 16.5. The molecule has 0 aromatic rings. The van der Waals surface area contributed by atoms with Crippen molar-refractivity contribution in [3.63, 3.8) is 0 Å². The van der Waals surface area contributed by atoms with Crippen molar-refractivity contribution in [1.29, 1.82) is 0 Å². The van der Waals surface area contributed by atoms with E-state index in [1.807, 2.05) is 12.2 Å². The van der Waals surface area contributed by atoms with Gasteiger partial charge in [-0.2, -0.15) is 0 Å². The van der Waals surface area contributed by atoms with Crippen LogP contribution in [-0.2, 0) is 4.74 Å². The summed E-state index contributed by atoms with van der Waals surface area (Å²) < 4.78 is 5.30. The summed E-state index contributed by atoms with van der Waals surface area (Å²) in [5, 5.41) is 0. The summed E-state index contributed by atoms with van der Waals surface area (Å²) in [6.07, 6.45) is 7.57. The Morgan fingerprint density at radius 2 is 2.09 bits per heavy atom. The molecule has 0 aliphatic carbocycles. The molecule has 0 amide bonds. The van der Waals surface area contributed by atoms with Crippen LogP contribution >= 0.6 is 0 Å². The molecule has 0 heterocycles. The molecular formula is C9H19NO. The van der Waals surface area contributed by atoms with Crippen LogP contribution in [0.2, 0.25) is 0 Å². The molecule has 66 valence electrons. The average molecular weight is 157 g/mol. The molecule has 2 nitrogen and oxygen atoms in total. The molecule has 2 N–H and O–H groups in total. The van der Waals surface area contributed by atoms with Gasteiger partial charge in [0.05, 0.1) is 6.61 Å². The van der Waals surface area contributed by atoms with E-state index in [9.17, 15) is 0 Å². The molecule has 0 aromatic carbocycles. The summed E-state index contributed by atoms with van der Waals surface area (Å²) in [5.41, 5.74) is 5.25. The normalized spacial score (nSPS) is 11.1. The molecule has 0 aliphatic heterocycles. The second kappa shape index (κ2) is 9.66. The first-order valence-electron chi connectivity index (χ1n) is 4.34. The summed E-state index contributed by atoms with van der Waals surface area (Å²) in [5.74, 6) is 0. The predicted molar refractivity (Wildman–Crippen MR) is 48.5 cm³/mol. The van der Waals surface area contributed by atoms with Gasteiger partial charge in [0.15, 0.2) is 0 Å². The summed E-state index contributed by atoms with van der Waals surface area (Å²) in [7, 11) is 0. The van der Waals surface area contributed by atoms with E-state index in [2.05, 4.69) is 6.92 Å². The smallest absolute Gasteiger partial charge is 0.0647 e. The highest BCUT2D eigenvalue weighted by Gasteiger charge is 1.84. The largest absolute Gasteiger partial charge is 0.377 e. The SMILES string of the molecule is CCCCCOCC=CCN. The van der Waals surface area contributed by atoms with Crippen LogP contribution in [0.1, 0.15) is 26.2 Å². The maximum absolute atomic E-state index is 5.30. The lowest BCUT2D eigenvalue weighted by molar-refractivity contribution is 0.157. The van der Waals surface area contributed by atoms with Crippen molar-refractivity contribution in [3.05, 3.63) is 12.2 Å². The summed E-state index contributed by atoms with van der Waals surface area (Å²) in [6, 6.07) is 0. The molecule has 0 saturated heterocycles. The van der Waals surface area contributed by atoms with Crippen molar-refractivity contribution in [3.8, 4) is 0 Å². The van der Waals surface area contributed by atoms with E-state index in [4.69, 9.17) is 10.5 Å². The average Bonchev–Trinajstić information content (AvgIpc) is 2.03. The molecule has 2 heteroatoms. The molecule has 0 fully saturated rings. The van der Waals surface area contributed by atoms with Crippen LogP contribution in [0.15, 0.2) is 12.2 Å². The van der Waals surface area contributed by atoms with E-state index in [0.29, 0.717) is 13.2 Å². The fourth-order valence-corrected chi connectivity index (χ4v) is 0.770. The zero-order chi connectivity index (χ0) is 8.36. The van der Waals surface area contributed by atoms with Gasteiger partial charge in [-0.15, -0.1) is 0 Å². The standard InChI is InChI=1S/C9H19NO/c1-2-3-5-8-11-9-6-4-7-10/h4,6H,2-3,5,7-10H2,1H3. The van der Waals surface area contributed by atoms with Crippen molar-refractivity contribution in [2.45, 2.75) is 26.2 Å². The fraction of sp³-hybridized carbons (Fsp3) is 0.778. The van der Waals surface area contributed by atoms with Crippen LogP contribution in [0.25, 0.3) is 0 Å². The van der Waals surface area contributed by atoms with E-state index in [-0.39, 0.29) is 0 Å². The zero-order valence-electron chi connectivity index (χ0n) is 7.38. The van der Waals surface area contributed by atoms with Gasteiger partial charge in [-0.3, -0.25) is 0 Å². The lowest BCUT2D eigenvalue weighted by Crippen LogP contribution is -1.96. The Morgan fingerprint density at radius 1 is 1.27 bits per heavy atom. The Labute approximate surface area is 69.4 Å². The molecular weight excluding hydrogens is 138 g/mol. The van der Waals surface area contributed by atoms with Gasteiger partial charge in [0.25, 0.3) is 0 Å². The van der Waals surface area contributed by atoms with E-state index in [1.54, 1.807) is 0 Å². The molecule has 0 radical (unpaired) electrons. The Morgan fingerprint density at radius 3 is 2.73 bits per heavy atom. The minimum absolute atomic E-state index is 0.609. The van der Waals surface area contributed by atoms with Crippen molar-refractivity contribution >= 4 is 0 Å². The second-order valence-corrected chi connectivity index (χ2v) is 2.49. The molecule has 0 rings (SSSR count). The highest BCUT2D eigenvalue weighted by molar-refractivity contribution is 4.81. The molecule has 0 spiro atoms. The first-order valence-corrected chi connectivity index (χ1v) is 4.34. The molecule has 0 unspecified atom stereocenters. The van der Waals surface area contributed by atoms with Crippen molar-refractivity contribution < 1.29 is 4.74 Å². The van der Waals surface area contributed by atoms with E-state index in [1.165, 1.54) is 19.3 Å². The summed E-state index contributed by atoms with van der Waals surface area (Å²) in [6.45, 7) is 4.39. The third-order valence-electron chi connectivity index (χ3n) is 1.41. The first-order chi connectivity index (χ1) is 5.41. The number of ether oxygens (including phenoxy) is 1. The van der Waals surface area contributed by atoms with E-state index >= 15 is 0 Å². The van der Waals surface area contributed by atoms with Gasteiger partial charge in [-0.25, -0.2) is 0 Å². The molecule has 11 heavy (non-hydrogen) atoms. The summed E-state index contributed by atoms with van der Waals surface area (Å²) >= 11 is 0. The topological polar surface area (TPSA) is 35.2 Å². The molecule has 0 saturated carbocycles. The zero-order valence-corrected chi connectivity index (χ0v) is 7.38. The van der Waals surface area contributed by atoms with Crippen LogP contribution < -0.4 is 5.73 Å². The van der Waals surface area contributed by atoms with Gasteiger partial charge >= 0.3 is 0 Å². The number of unbranched alkanes of at least 4 members (excludes halogenated alkanes) is 2. The lowest BCUT2D eigenvalue weighted by Gasteiger charge is -1.98. The number of nitrogens with two attached hydrogens (primary N) is 1. The minimum Gasteiger partial charge on any atom is -0.377 e. The monoisotopic (exact) mass is 157 g/mol. The van der Waals surface area contributed by atoms with E-state index in [0.717, 1.165) is 6.61 Å². The van der Waals surface area contributed by atoms with Crippen molar-refractivity contribution in [2.24, 2.45) is 5.73 Å². The first kappa shape index (κ1) is 10.7. The predicted octanol–water partition coefficient (Wildman–Crippen LogP) is 1.71. The third-order valence-corrected chi connectivity index (χ3v) is 1.41. The maximum atomic E-state index is 5.30. The number of hydrogen-bond donors (Lipinski definition) is 1. The molecule has 0 aromatic heterocycles. The number of rotatable bonds is 7. The van der Waals surface area contributed by atoms with Crippen LogP contribution in [-0.4, -0.2) is 19.8 Å². The molecule has 0 atom stereocenters. The van der Waals surface area contributed by atoms with Gasteiger partial charge < -0.3 is 10.5 Å². The van der Waals surface area contributed by atoms with Crippen molar-refractivity contribution in [2.75, 3.05) is 19.8 Å². The van der Waals surface area contributed by atoms with Crippen LogP contribution in [0.5, 0.6) is 0 Å². The quantitative estimate of drug-likeness (QED) is 0.451. The fourth-order valence-electron chi connectivity index (χ4n) is 0.770. The highest BCUT2D eigenvalue weighted by Crippen LogP contribution is 1.93. The van der Waals surface area contributed by atoms with Crippen LogP contribution in [0.3, 0.4) is 0 Å². The molecule has 0 aliphatic rings. The Balaban J connectivity index is 2.85. The van der Waals surface area contributed by atoms with Crippen molar-refractivity contribution in [1.82, 2.24) is 0 Å². The van der Waals surface area contributed by atoms with Gasteiger partial charge in [0.2, 0.25) is 0 Å². The van der Waals surface area contributed by atoms with Gasteiger partial charge in [0, 0.05) is 13.2 Å². The van der Waals surface area contributed by atoms with Crippen LogP contribution in [0, 0.1) is 0 Å². The molecule has 0 bridgehead atoms. The minimum atomic E-state index is 0.609. The van der Waals surface area contributed by atoms with Gasteiger partial charge in [-0.05, 0) is 6.42 Å². The van der Waals surface area contributed by atoms with Gasteiger partial charge in [-0.1, -0.05) is 31.9 Å². The van der Waals surface area contributed by atoms with Gasteiger partial charge in [0.1, 0.15) is 0 Å². The van der Waals surface area contributed by atoms with Crippen LogP contribution in [0.4, 0.5) is 0 Å². The maximum Gasteiger partial charge on any atom is 0.0647 e. The van der Waals surface area contributed by atoms with E-state index < -0.39 is 0 Å². The second-order valence-electron chi connectivity index (χ2n) is 2.49. The Hall–Kier alpha value is -0.340. The lowest BCUT2D eigenvalue weighted by atomic mass is 10.3. The Bertz CT molecular complexity index is 91.6. The Kier molecular flexibility index (Phi) is 9.36. The summed E-state index contributed by atoms with van der Waals surface area (Å²) in [4.78, 5) is 0. The third kappa shape index (κ3) is 9.66. The number of hydrogen-bond acceptors (Lipinski definition) is 2.